The Kier molecular flexibility index (Phi) is 5.10. The van der Waals surface area contributed by atoms with E-state index in [1.165, 1.54) is 0 Å². The highest BCUT2D eigenvalue weighted by Gasteiger charge is 2.24. The van der Waals surface area contributed by atoms with Crippen LogP contribution in [-0.4, -0.2) is 36.7 Å². The van der Waals surface area contributed by atoms with E-state index in [0.717, 1.165) is 18.6 Å². The second-order valence-electron chi connectivity index (χ2n) is 4.77. The molecular formula is C15H19N3O2. The Labute approximate surface area is 118 Å². The molecule has 1 aliphatic rings. The lowest BCUT2D eigenvalue weighted by atomic mass is 10.0. The number of carbonyl (C=O) groups excluding carboxylic acids is 1. The predicted octanol–water partition coefficient (Wildman–Crippen LogP) is 0.547. The van der Waals surface area contributed by atoms with Crippen molar-refractivity contribution >= 4 is 5.91 Å². The third-order valence-electron chi connectivity index (χ3n) is 3.39. The van der Waals surface area contributed by atoms with E-state index in [1.807, 2.05) is 6.92 Å². The van der Waals surface area contributed by atoms with Crippen molar-refractivity contribution in [2.75, 3.05) is 19.7 Å². The lowest BCUT2D eigenvalue weighted by molar-refractivity contribution is 0.0903. The Morgan fingerprint density at radius 3 is 3.05 bits per heavy atom. The molecule has 2 rings (SSSR count). The fourth-order valence-electron chi connectivity index (χ4n) is 2.11. The number of hydrogen-bond donors (Lipinski definition) is 2. The van der Waals surface area contributed by atoms with Crippen LogP contribution in [0, 0.1) is 17.8 Å². The molecule has 3 N–H and O–H groups in total. The highest BCUT2D eigenvalue weighted by Crippen LogP contribution is 2.19. The summed E-state index contributed by atoms with van der Waals surface area (Å²) >= 11 is 0. The molecule has 2 unspecified atom stereocenters. The summed E-state index contributed by atoms with van der Waals surface area (Å²) in [5, 5.41) is 2.90. The van der Waals surface area contributed by atoms with Crippen LogP contribution in [-0.2, 0) is 4.74 Å². The highest BCUT2D eigenvalue weighted by molar-refractivity contribution is 5.92. The Morgan fingerprint density at radius 2 is 2.45 bits per heavy atom. The minimum absolute atomic E-state index is 0.164. The number of pyridine rings is 1. The highest BCUT2D eigenvalue weighted by atomic mass is 16.5. The third kappa shape index (κ3) is 3.80. The monoisotopic (exact) mass is 273 g/mol. The van der Waals surface area contributed by atoms with Gasteiger partial charge >= 0.3 is 0 Å². The molecule has 0 radical (unpaired) electrons. The molecule has 0 spiro atoms. The number of hydrogen-bond acceptors (Lipinski definition) is 4. The van der Waals surface area contributed by atoms with E-state index in [-0.39, 0.29) is 12.0 Å². The third-order valence-corrected chi connectivity index (χ3v) is 3.39. The van der Waals surface area contributed by atoms with Crippen molar-refractivity contribution in [2.45, 2.75) is 19.4 Å². The van der Waals surface area contributed by atoms with Gasteiger partial charge in [-0.3, -0.25) is 4.79 Å². The molecule has 1 fully saturated rings. The molecule has 1 aromatic heterocycles. The zero-order chi connectivity index (χ0) is 14.4. The lowest BCUT2D eigenvalue weighted by Crippen LogP contribution is -2.32. The maximum atomic E-state index is 12.0. The molecule has 0 aromatic carbocycles. The molecule has 2 atom stereocenters. The number of carbonyl (C=O) groups is 1. The van der Waals surface area contributed by atoms with Crippen LogP contribution in [0.15, 0.2) is 18.3 Å². The zero-order valence-electron chi connectivity index (χ0n) is 11.6. The first-order valence-electron chi connectivity index (χ1n) is 6.75. The summed E-state index contributed by atoms with van der Waals surface area (Å²) in [6.45, 7) is 3.74. The predicted molar refractivity (Wildman–Crippen MR) is 76.0 cm³/mol. The van der Waals surface area contributed by atoms with Crippen LogP contribution in [0.5, 0.6) is 0 Å². The summed E-state index contributed by atoms with van der Waals surface area (Å²) in [5.41, 5.74) is 6.45. The molecule has 1 amide bonds. The van der Waals surface area contributed by atoms with Crippen molar-refractivity contribution in [2.24, 2.45) is 11.7 Å². The van der Waals surface area contributed by atoms with Gasteiger partial charge in [-0.15, -0.1) is 0 Å². The summed E-state index contributed by atoms with van der Waals surface area (Å²) in [7, 11) is 0. The Hall–Kier alpha value is -1.90. The van der Waals surface area contributed by atoms with Gasteiger partial charge in [0, 0.05) is 30.8 Å². The molecule has 0 aliphatic carbocycles. The smallest absolute Gasteiger partial charge is 0.269 e. The van der Waals surface area contributed by atoms with Gasteiger partial charge in [-0.1, -0.05) is 11.8 Å². The van der Waals surface area contributed by atoms with Gasteiger partial charge in [-0.05, 0) is 25.5 Å². The molecule has 106 valence electrons. The zero-order valence-corrected chi connectivity index (χ0v) is 11.6. The fourth-order valence-corrected chi connectivity index (χ4v) is 2.11. The van der Waals surface area contributed by atoms with Gasteiger partial charge in [0.2, 0.25) is 0 Å². The maximum Gasteiger partial charge on any atom is 0.269 e. The topological polar surface area (TPSA) is 77.2 Å². The minimum Gasteiger partial charge on any atom is -0.378 e. The van der Waals surface area contributed by atoms with Gasteiger partial charge in [-0.2, -0.15) is 0 Å². The molecule has 1 saturated heterocycles. The number of nitrogens with one attached hydrogen (secondary N) is 1. The normalized spacial score (nSPS) is 21.1. The van der Waals surface area contributed by atoms with Crippen LogP contribution in [0.25, 0.3) is 0 Å². The minimum atomic E-state index is -0.164. The summed E-state index contributed by atoms with van der Waals surface area (Å²) in [4.78, 5) is 16.1. The summed E-state index contributed by atoms with van der Waals surface area (Å²) in [6.07, 6.45) is 2.78. The average Bonchev–Trinajstić information content (AvgIpc) is 2.88. The van der Waals surface area contributed by atoms with E-state index in [9.17, 15) is 4.79 Å². The molecular weight excluding hydrogens is 254 g/mol. The fraction of sp³-hybridized carbons (Fsp3) is 0.467. The van der Waals surface area contributed by atoms with Crippen LogP contribution < -0.4 is 11.1 Å². The van der Waals surface area contributed by atoms with Gasteiger partial charge in [0.15, 0.2) is 0 Å². The first-order chi connectivity index (χ1) is 9.70. The van der Waals surface area contributed by atoms with Crippen LogP contribution in [0.1, 0.15) is 29.4 Å². The van der Waals surface area contributed by atoms with Crippen LogP contribution in [0.2, 0.25) is 0 Å². The Balaban J connectivity index is 1.89. The van der Waals surface area contributed by atoms with E-state index in [1.54, 1.807) is 18.3 Å². The summed E-state index contributed by atoms with van der Waals surface area (Å²) in [6, 6.07) is 3.44. The van der Waals surface area contributed by atoms with Gasteiger partial charge in [0.25, 0.3) is 5.91 Å². The lowest BCUT2D eigenvalue weighted by Gasteiger charge is -2.14. The molecule has 0 saturated carbocycles. The summed E-state index contributed by atoms with van der Waals surface area (Å²) in [5.74, 6) is 5.83. The van der Waals surface area contributed by atoms with Crippen molar-refractivity contribution in [3.63, 3.8) is 0 Å². The van der Waals surface area contributed by atoms with E-state index in [2.05, 4.69) is 22.1 Å². The first kappa shape index (κ1) is 14.5. The van der Waals surface area contributed by atoms with Crippen molar-refractivity contribution in [3.05, 3.63) is 29.6 Å². The molecule has 1 aromatic rings. The molecule has 20 heavy (non-hydrogen) atoms. The number of amides is 1. The second kappa shape index (κ2) is 7.04. The summed E-state index contributed by atoms with van der Waals surface area (Å²) < 4.78 is 5.46. The van der Waals surface area contributed by atoms with Crippen molar-refractivity contribution in [1.29, 1.82) is 0 Å². The Bertz CT molecular complexity index is 516. The largest absolute Gasteiger partial charge is 0.378 e. The van der Waals surface area contributed by atoms with E-state index >= 15 is 0 Å². The van der Waals surface area contributed by atoms with Crippen molar-refractivity contribution in [1.82, 2.24) is 10.3 Å². The standard InChI is InChI=1S/C15H19N3O2/c1-11-13(6-8-20-11)10-18-15(19)14-5-4-12(9-17-14)3-2-7-16/h4-5,9,11,13H,6-8,10,16H2,1H3,(H,18,19). The average molecular weight is 273 g/mol. The molecule has 1 aliphatic heterocycles. The first-order valence-corrected chi connectivity index (χ1v) is 6.75. The number of ether oxygens (including phenoxy) is 1. The molecule has 5 nitrogen and oxygen atoms in total. The SMILES string of the molecule is CC1OCCC1CNC(=O)c1ccc(C#CCN)cn1. The van der Waals surface area contributed by atoms with Gasteiger partial charge in [-0.25, -0.2) is 4.98 Å². The number of nitrogens with two attached hydrogens (primary N) is 1. The quantitative estimate of drug-likeness (QED) is 0.788. The van der Waals surface area contributed by atoms with Gasteiger partial charge in [0.1, 0.15) is 5.69 Å². The van der Waals surface area contributed by atoms with Gasteiger partial charge < -0.3 is 15.8 Å². The van der Waals surface area contributed by atoms with Crippen LogP contribution in [0.4, 0.5) is 0 Å². The number of nitrogens with zero attached hydrogens (tertiary/aromatic N) is 1. The number of rotatable bonds is 3. The van der Waals surface area contributed by atoms with Crippen LogP contribution in [0.3, 0.4) is 0 Å². The van der Waals surface area contributed by atoms with Gasteiger partial charge in [0.05, 0.1) is 12.6 Å². The Morgan fingerprint density at radius 1 is 1.60 bits per heavy atom. The van der Waals surface area contributed by atoms with Crippen molar-refractivity contribution < 1.29 is 9.53 Å². The van der Waals surface area contributed by atoms with E-state index < -0.39 is 0 Å². The maximum absolute atomic E-state index is 12.0. The van der Waals surface area contributed by atoms with Crippen molar-refractivity contribution in [3.8, 4) is 11.8 Å². The van der Waals surface area contributed by atoms with E-state index in [0.29, 0.717) is 24.7 Å². The second-order valence-corrected chi connectivity index (χ2v) is 4.77. The van der Waals surface area contributed by atoms with E-state index in [4.69, 9.17) is 10.5 Å². The number of aromatic nitrogens is 1. The van der Waals surface area contributed by atoms with Crippen LogP contribution >= 0.6 is 0 Å². The molecule has 2 heterocycles. The molecule has 5 heteroatoms. The molecule has 0 bridgehead atoms.